The molecule has 1 saturated carbocycles. The summed E-state index contributed by atoms with van der Waals surface area (Å²) in [6.45, 7) is 1.29. The van der Waals surface area contributed by atoms with E-state index in [1.165, 1.54) is 0 Å². The van der Waals surface area contributed by atoms with Crippen molar-refractivity contribution in [1.29, 1.82) is 0 Å². The zero-order valence-corrected chi connectivity index (χ0v) is 12.6. The van der Waals surface area contributed by atoms with Gasteiger partial charge >= 0.3 is 5.97 Å². The van der Waals surface area contributed by atoms with Gasteiger partial charge in [0.05, 0.1) is 5.39 Å². The van der Waals surface area contributed by atoms with Crippen LogP contribution in [0.3, 0.4) is 0 Å². The number of carbonyl (C=O) groups excluding carboxylic acids is 1. The van der Waals surface area contributed by atoms with Crippen LogP contribution in [0.25, 0.3) is 10.9 Å². The molecule has 0 unspecified atom stereocenters. The molecule has 110 valence electrons. The van der Waals surface area contributed by atoms with E-state index in [1.807, 2.05) is 0 Å². The van der Waals surface area contributed by atoms with E-state index >= 15 is 0 Å². The molecule has 2 aromatic rings. The molecule has 1 heterocycles. The number of hydrogen-bond acceptors (Lipinski definition) is 5. The van der Waals surface area contributed by atoms with Gasteiger partial charge in [0.25, 0.3) is 5.56 Å². The molecule has 0 aliphatic heterocycles. The summed E-state index contributed by atoms with van der Waals surface area (Å²) in [5, 5.41) is 8.03. The van der Waals surface area contributed by atoms with Crippen LogP contribution in [0.15, 0.2) is 29.1 Å². The zero-order chi connectivity index (χ0) is 15.3. The highest BCUT2D eigenvalue weighted by molar-refractivity contribution is 6.53. The highest BCUT2D eigenvalue weighted by Gasteiger charge is 2.69. The SMILES string of the molecule is C[C@@]1(C(=O)OCn2nnc3ccccc3c2=O)CC1(Cl)Cl. The van der Waals surface area contributed by atoms with Crippen LogP contribution < -0.4 is 5.56 Å². The van der Waals surface area contributed by atoms with Crippen LogP contribution in [0.5, 0.6) is 0 Å². The third kappa shape index (κ3) is 2.28. The smallest absolute Gasteiger partial charge is 0.316 e. The van der Waals surface area contributed by atoms with Gasteiger partial charge in [0.15, 0.2) is 6.73 Å². The topological polar surface area (TPSA) is 74.1 Å². The lowest BCUT2D eigenvalue weighted by atomic mass is 10.1. The van der Waals surface area contributed by atoms with Crippen LogP contribution in [0.1, 0.15) is 13.3 Å². The average Bonchev–Trinajstić information content (AvgIpc) is 2.98. The summed E-state index contributed by atoms with van der Waals surface area (Å²) in [4.78, 5) is 24.1. The highest BCUT2D eigenvalue weighted by Crippen LogP contribution is 2.64. The Bertz CT molecular complexity index is 790. The molecule has 0 spiro atoms. The maximum atomic E-state index is 12.2. The maximum Gasteiger partial charge on any atom is 0.316 e. The summed E-state index contributed by atoms with van der Waals surface area (Å²) < 4.78 is 4.95. The molecule has 0 radical (unpaired) electrons. The summed E-state index contributed by atoms with van der Waals surface area (Å²) >= 11 is 11.8. The number of aromatic nitrogens is 3. The number of benzene rings is 1. The number of halogens is 2. The number of ether oxygens (including phenoxy) is 1. The minimum absolute atomic E-state index is 0.320. The Balaban J connectivity index is 1.79. The molecule has 8 heteroatoms. The van der Waals surface area contributed by atoms with E-state index in [0.717, 1.165) is 4.68 Å². The molecule has 1 aliphatic rings. The molecule has 0 bridgehead atoms. The predicted octanol–water partition coefficient (Wildman–Crippen LogP) is 1.88. The minimum atomic E-state index is -1.11. The van der Waals surface area contributed by atoms with Crippen molar-refractivity contribution in [3.05, 3.63) is 34.6 Å². The lowest BCUT2D eigenvalue weighted by Crippen LogP contribution is -2.29. The van der Waals surface area contributed by atoms with Gasteiger partial charge in [-0.1, -0.05) is 17.3 Å². The van der Waals surface area contributed by atoms with E-state index in [0.29, 0.717) is 17.3 Å². The first-order valence-electron chi connectivity index (χ1n) is 6.23. The van der Waals surface area contributed by atoms with E-state index in [2.05, 4.69) is 10.3 Å². The Morgan fingerprint density at radius 1 is 1.43 bits per heavy atom. The van der Waals surface area contributed by atoms with Gasteiger partial charge in [-0.15, -0.1) is 28.3 Å². The molecule has 3 rings (SSSR count). The van der Waals surface area contributed by atoms with Gasteiger partial charge in [-0.25, -0.2) is 0 Å². The van der Waals surface area contributed by atoms with Gasteiger partial charge in [0.1, 0.15) is 15.3 Å². The van der Waals surface area contributed by atoms with Crippen LogP contribution in [-0.2, 0) is 16.3 Å². The van der Waals surface area contributed by atoms with Crippen LogP contribution >= 0.6 is 23.2 Å². The minimum Gasteiger partial charge on any atom is -0.442 e. The molecular formula is C13H11Cl2N3O3. The lowest BCUT2D eigenvalue weighted by molar-refractivity contribution is -0.154. The third-order valence-corrected chi connectivity index (χ3v) is 4.76. The van der Waals surface area contributed by atoms with Crippen molar-refractivity contribution < 1.29 is 9.53 Å². The molecule has 6 nitrogen and oxygen atoms in total. The molecule has 0 amide bonds. The van der Waals surface area contributed by atoms with Crippen molar-refractivity contribution in [2.24, 2.45) is 5.41 Å². The summed E-state index contributed by atoms with van der Waals surface area (Å²) in [5.41, 5.74) is -0.832. The molecule has 1 aliphatic carbocycles. The Morgan fingerprint density at radius 2 is 2.10 bits per heavy atom. The van der Waals surface area contributed by atoms with E-state index in [4.69, 9.17) is 27.9 Å². The Hall–Kier alpha value is -1.66. The first kappa shape index (κ1) is 14.3. The summed E-state index contributed by atoms with van der Waals surface area (Å²) in [6.07, 6.45) is 0.320. The molecule has 21 heavy (non-hydrogen) atoms. The van der Waals surface area contributed by atoms with E-state index < -0.39 is 15.7 Å². The molecule has 1 aromatic heterocycles. The van der Waals surface area contributed by atoms with Gasteiger partial charge < -0.3 is 4.74 Å². The van der Waals surface area contributed by atoms with Crippen molar-refractivity contribution in [2.75, 3.05) is 0 Å². The molecule has 1 atom stereocenters. The van der Waals surface area contributed by atoms with Crippen molar-refractivity contribution in [3.8, 4) is 0 Å². The third-order valence-electron chi connectivity index (χ3n) is 3.66. The van der Waals surface area contributed by atoms with Crippen molar-refractivity contribution in [2.45, 2.75) is 24.4 Å². The molecule has 1 aromatic carbocycles. The van der Waals surface area contributed by atoms with Crippen molar-refractivity contribution in [3.63, 3.8) is 0 Å². The molecule has 0 saturated heterocycles. The Kier molecular flexibility index (Phi) is 3.18. The Morgan fingerprint density at radius 3 is 2.76 bits per heavy atom. The van der Waals surface area contributed by atoms with Gasteiger partial charge in [-0.05, 0) is 19.1 Å². The second kappa shape index (κ2) is 4.68. The van der Waals surface area contributed by atoms with E-state index in [1.54, 1.807) is 31.2 Å². The number of alkyl halides is 2. The van der Waals surface area contributed by atoms with Crippen LogP contribution in [0.4, 0.5) is 0 Å². The van der Waals surface area contributed by atoms with Gasteiger partial charge in [0.2, 0.25) is 0 Å². The maximum absolute atomic E-state index is 12.2. The van der Waals surface area contributed by atoms with E-state index in [-0.39, 0.29) is 12.3 Å². The summed E-state index contributed by atoms with van der Waals surface area (Å²) in [5.74, 6) is -0.561. The molecule has 1 fully saturated rings. The van der Waals surface area contributed by atoms with E-state index in [9.17, 15) is 9.59 Å². The zero-order valence-electron chi connectivity index (χ0n) is 11.0. The van der Waals surface area contributed by atoms with Gasteiger partial charge in [-0.3, -0.25) is 9.59 Å². The summed E-state index contributed by atoms with van der Waals surface area (Å²) in [6, 6.07) is 6.80. The monoisotopic (exact) mass is 327 g/mol. The fraction of sp³-hybridized carbons (Fsp3) is 0.385. The number of esters is 1. The van der Waals surface area contributed by atoms with Gasteiger partial charge in [0, 0.05) is 6.42 Å². The normalized spacial score (nSPS) is 23.0. The number of carbonyl (C=O) groups is 1. The standard InChI is InChI=1S/C13H11Cl2N3O3/c1-12(6-13(12,14)15)11(20)21-7-18-10(19)8-4-2-3-5-9(8)16-17-18/h2-5H,6-7H2,1H3/t12-/m0/s1. The van der Waals surface area contributed by atoms with Crippen LogP contribution in [-0.4, -0.2) is 25.3 Å². The second-order valence-electron chi connectivity index (χ2n) is 5.19. The molecular weight excluding hydrogens is 317 g/mol. The number of nitrogens with zero attached hydrogens (tertiary/aromatic N) is 3. The highest BCUT2D eigenvalue weighted by atomic mass is 35.5. The molecule has 0 N–H and O–H groups in total. The average molecular weight is 328 g/mol. The van der Waals surface area contributed by atoms with Crippen LogP contribution in [0, 0.1) is 5.41 Å². The number of hydrogen-bond donors (Lipinski definition) is 0. The first-order chi connectivity index (χ1) is 9.85. The van der Waals surface area contributed by atoms with Gasteiger partial charge in [-0.2, -0.15) is 4.68 Å². The second-order valence-corrected chi connectivity index (χ2v) is 6.67. The Labute approximate surface area is 129 Å². The quantitative estimate of drug-likeness (QED) is 0.635. The summed E-state index contributed by atoms with van der Waals surface area (Å²) in [7, 11) is 0. The van der Waals surface area contributed by atoms with Crippen molar-refractivity contribution >= 4 is 40.1 Å². The predicted molar refractivity (Wildman–Crippen MR) is 77.1 cm³/mol. The number of fused-ring (bicyclic) bond motifs is 1. The fourth-order valence-corrected chi connectivity index (χ4v) is 2.70. The number of rotatable bonds is 3. The fourth-order valence-electron chi connectivity index (χ4n) is 2.01. The largest absolute Gasteiger partial charge is 0.442 e. The first-order valence-corrected chi connectivity index (χ1v) is 6.98. The van der Waals surface area contributed by atoms with Crippen molar-refractivity contribution in [1.82, 2.24) is 15.0 Å². The lowest BCUT2D eigenvalue weighted by Gasteiger charge is -2.12. The van der Waals surface area contributed by atoms with Crippen LogP contribution in [0.2, 0.25) is 0 Å².